The van der Waals surface area contributed by atoms with Crippen molar-refractivity contribution in [3.8, 4) is 0 Å². The Kier molecular flexibility index (Phi) is 7.43. The summed E-state index contributed by atoms with van der Waals surface area (Å²) in [5.41, 5.74) is 4.86. The molecule has 160 valence electrons. The van der Waals surface area contributed by atoms with E-state index in [-0.39, 0.29) is 19.2 Å². The van der Waals surface area contributed by atoms with Crippen molar-refractivity contribution in [2.45, 2.75) is 19.0 Å². The van der Waals surface area contributed by atoms with Crippen LogP contribution in [-0.4, -0.2) is 62.2 Å². The van der Waals surface area contributed by atoms with Gasteiger partial charge in [0.1, 0.15) is 0 Å². The molecule has 0 saturated carbocycles. The molecule has 1 aliphatic rings. The minimum absolute atomic E-state index is 0.0517. The minimum Gasteiger partial charge on any atom is -0.395 e. The van der Waals surface area contributed by atoms with Crippen molar-refractivity contribution in [2.24, 2.45) is 0 Å². The molecule has 7 heteroatoms. The maximum atomic E-state index is 12.2. The van der Waals surface area contributed by atoms with E-state index in [1.165, 1.54) is 11.1 Å². The van der Waals surface area contributed by atoms with E-state index >= 15 is 0 Å². The quantitative estimate of drug-likeness (QED) is 0.595. The van der Waals surface area contributed by atoms with E-state index in [2.05, 4.69) is 64.1 Å². The lowest BCUT2D eigenvalue weighted by Gasteiger charge is -2.36. The average molecular weight is 411 g/mol. The first-order valence-electron chi connectivity index (χ1n) is 10.2. The van der Waals surface area contributed by atoms with Crippen molar-refractivity contribution < 1.29 is 14.7 Å². The third kappa shape index (κ3) is 5.37. The Morgan fingerprint density at radius 2 is 1.70 bits per heavy atom. The summed E-state index contributed by atoms with van der Waals surface area (Å²) in [5, 5.41) is 14.0. The molecule has 1 heterocycles. The molecule has 2 aromatic carbocycles. The maximum absolute atomic E-state index is 12.2. The van der Waals surface area contributed by atoms with Crippen LogP contribution in [0.25, 0.3) is 0 Å². The molecule has 7 nitrogen and oxygen atoms in total. The second kappa shape index (κ2) is 10.2. The molecule has 0 unspecified atom stereocenters. The lowest BCUT2D eigenvalue weighted by atomic mass is 9.96. The van der Waals surface area contributed by atoms with E-state index in [1.807, 2.05) is 19.0 Å². The monoisotopic (exact) mass is 410 g/mol. The molecule has 2 aromatic rings. The summed E-state index contributed by atoms with van der Waals surface area (Å²) in [6.45, 7) is 1.86. The zero-order valence-electron chi connectivity index (χ0n) is 17.6. The number of aliphatic hydroxyl groups excluding tert-OH is 1. The predicted molar refractivity (Wildman–Crippen MR) is 117 cm³/mol. The standard InChI is InChI=1S/C23H30N4O3/c1-26(2)20-9-7-18(8-10-20)21(15-25-23(30)22(29)24-12-14-28)27-13-11-17-5-3-4-6-19(17)16-27/h3-10,21,28H,11-16H2,1-2H3,(H,24,29)(H,25,30)/t21-/m0/s1. The molecule has 0 saturated heterocycles. The van der Waals surface area contributed by atoms with Crippen LogP contribution in [0.15, 0.2) is 48.5 Å². The van der Waals surface area contributed by atoms with Gasteiger partial charge in [-0.1, -0.05) is 36.4 Å². The zero-order chi connectivity index (χ0) is 21.5. The Hall–Kier alpha value is -2.90. The third-order valence-electron chi connectivity index (χ3n) is 5.45. The van der Waals surface area contributed by atoms with Gasteiger partial charge >= 0.3 is 11.8 Å². The van der Waals surface area contributed by atoms with Gasteiger partial charge in [0, 0.05) is 46.0 Å². The van der Waals surface area contributed by atoms with E-state index in [9.17, 15) is 9.59 Å². The van der Waals surface area contributed by atoms with Crippen molar-refractivity contribution in [2.75, 3.05) is 45.2 Å². The number of nitrogens with one attached hydrogen (secondary N) is 2. The molecule has 0 aromatic heterocycles. The van der Waals surface area contributed by atoms with Crippen molar-refractivity contribution in [3.63, 3.8) is 0 Å². The molecule has 1 aliphatic heterocycles. The van der Waals surface area contributed by atoms with Crippen LogP contribution in [0.3, 0.4) is 0 Å². The topological polar surface area (TPSA) is 84.9 Å². The molecule has 30 heavy (non-hydrogen) atoms. The number of hydrogen-bond donors (Lipinski definition) is 3. The molecule has 0 fully saturated rings. The third-order valence-corrected chi connectivity index (χ3v) is 5.45. The average Bonchev–Trinajstić information content (AvgIpc) is 2.77. The predicted octanol–water partition coefficient (Wildman–Crippen LogP) is 1.08. The molecule has 0 spiro atoms. The lowest BCUT2D eigenvalue weighted by Crippen LogP contribution is -2.45. The van der Waals surface area contributed by atoms with Gasteiger partial charge in [-0.25, -0.2) is 0 Å². The van der Waals surface area contributed by atoms with Crippen LogP contribution in [0, 0.1) is 0 Å². The van der Waals surface area contributed by atoms with Crippen molar-refractivity contribution in [1.82, 2.24) is 15.5 Å². The van der Waals surface area contributed by atoms with Crippen molar-refractivity contribution in [1.29, 1.82) is 0 Å². The van der Waals surface area contributed by atoms with Crippen LogP contribution in [0.4, 0.5) is 5.69 Å². The Morgan fingerprint density at radius 1 is 1.03 bits per heavy atom. The smallest absolute Gasteiger partial charge is 0.309 e. The number of rotatable bonds is 7. The number of hydrogen-bond acceptors (Lipinski definition) is 5. The highest BCUT2D eigenvalue weighted by molar-refractivity contribution is 6.35. The largest absolute Gasteiger partial charge is 0.395 e. The van der Waals surface area contributed by atoms with Crippen LogP contribution >= 0.6 is 0 Å². The van der Waals surface area contributed by atoms with Gasteiger partial charge in [-0.15, -0.1) is 0 Å². The summed E-state index contributed by atoms with van der Waals surface area (Å²) < 4.78 is 0. The first kappa shape index (κ1) is 21.8. The fraction of sp³-hybridized carbons (Fsp3) is 0.391. The van der Waals surface area contributed by atoms with E-state index in [4.69, 9.17) is 5.11 Å². The number of anilines is 1. The molecular weight excluding hydrogens is 380 g/mol. The molecule has 0 aliphatic carbocycles. The normalized spacial score (nSPS) is 14.5. The van der Waals surface area contributed by atoms with Gasteiger partial charge in [-0.2, -0.15) is 0 Å². The summed E-state index contributed by atoms with van der Waals surface area (Å²) in [7, 11) is 4.00. The number of amides is 2. The van der Waals surface area contributed by atoms with Gasteiger partial charge in [-0.3, -0.25) is 14.5 Å². The highest BCUT2D eigenvalue weighted by Crippen LogP contribution is 2.28. The summed E-state index contributed by atoms with van der Waals surface area (Å²) in [5.74, 6) is -1.41. The van der Waals surface area contributed by atoms with Crippen LogP contribution in [0.5, 0.6) is 0 Å². The fourth-order valence-electron chi connectivity index (χ4n) is 3.76. The second-order valence-electron chi connectivity index (χ2n) is 7.68. The number of benzene rings is 2. The Morgan fingerprint density at radius 3 is 2.37 bits per heavy atom. The Bertz CT molecular complexity index is 867. The van der Waals surface area contributed by atoms with E-state index in [0.717, 1.165) is 30.8 Å². The van der Waals surface area contributed by atoms with Gasteiger partial charge in [0.15, 0.2) is 0 Å². The van der Waals surface area contributed by atoms with E-state index in [1.54, 1.807) is 0 Å². The molecular formula is C23H30N4O3. The van der Waals surface area contributed by atoms with Crippen molar-refractivity contribution in [3.05, 3.63) is 65.2 Å². The second-order valence-corrected chi connectivity index (χ2v) is 7.68. The SMILES string of the molecule is CN(C)c1ccc([C@H](CNC(=O)C(=O)NCCO)N2CCc3ccccc3C2)cc1. The van der Waals surface area contributed by atoms with Gasteiger partial charge in [0.25, 0.3) is 0 Å². The molecule has 3 rings (SSSR count). The first-order chi connectivity index (χ1) is 14.5. The highest BCUT2D eigenvalue weighted by atomic mass is 16.3. The van der Waals surface area contributed by atoms with E-state index in [0.29, 0.717) is 6.54 Å². The van der Waals surface area contributed by atoms with Gasteiger partial charge < -0.3 is 20.6 Å². The van der Waals surface area contributed by atoms with Crippen LogP contribution in [-0.2, 0) is 22.6 Å². The number of carbonyl (C=O) groups is 2. The fourth-order valence-corrected chi connectivity index (χ4v) is 3.76. The van der Waals surface area contributed by atoms with Gasteiger partial charge in [0.2, 0.25) is 0 Å². The number of carbonyl (C=O) groups excluding carboxylic acids is 2. The Labute approximate surface area is 177 Å². The van der Waals surface area contributed by atoms with Crippen LogP contribution in [0.2, 0.25) is 0 Å². The summed E-state index contributed by atoms with van der Waals surface area (Å²) in [4.78, 5) is 28.4. The van der Waals surface area contributed by atoms with Crippen molar-refractivity contribution >= 4 is 17.5 Å². The summed E-state index contributed by atoms with van der Waals surface area (Å²) >= 11 is 0. The van der Waals surface area contributed by atoms with Gasteiger partial charge in [-0.05, 0) is 35.2 Å². The van der Waals surface area contributed by atoms with Crippen LogP contribution in [0.1, 0.15) is 22.7 Å². The van der Waals surface area contributed by atoms with Crippen LogP contribution < -0.4 is 15.5 Å². The number of nitrogens with zero attached hydrogens (tertiary/aromatic N) is 2. The highest BCUT2D eigenvalue weighted by Gasteiger charge is 2.26. The lowest BCUT2D eigenvalue weighted by molar-refractivity contribution is -0.139. The zero-order valence-corrected chi connectivity index (χ0v) is 17.6. The molecule has 0 radical (unpaired) electrons. The molecule has 3 N–H and O–H groups in total. The summed E-state index contributed by atoms with van der Waals surface area (Å²) in [6, 6.07) is 16.7. The Balaban J connectivity index is 1.77. The number of fused-ring (bicyclic) bond motifs is 1. The van der Waals surface area contributed by atoms with Gasteiger partial charge in [0.05, 0.1) is 12.6 Å². The minimum atomic E-state index is -0.727. The molecule has 0 bridgehead atoms. The number of aliphatic hydroxyl groups is 1. The first-order valence-corrected chi connectivity index (χ1v) is 10.2. The summed E-state index contributed by atoms with van der Waals surface area (Å²) in [6.07, 6.45) is 0.952. The molecule has 1 atom stereocenters. The molecule has 2 amide bonds. The maximum Gasteiger partial charge on any atom is 0.309 e. The van der Waals surface area contributed by atoms with E-state index < -0.39 is 11.8 Å².